The van der Waals surface area contributed by atoms with Crippen LogP contribution in [-0.2, 0) is 27.3 Å². The van der Waals surface area contributed by atoms with Crippen molar-refractivity contribution in [1.29, 1.82) is 5.26 Å². The summed E-state index contributed by atoms with van der Waals surface area (Å²) in [5, 5.41) is 13.7. The molecule has 1 aromatic carbocycles. The van der Waals surface area contributed by atoms with Crippen LogP contribution in [0.15, 0.2) is 71.8 Å². The van der Waals surface area contributed by atoms with Crippen LogP contribution in [0.1, 0.15) is 122 Å². The highest BCUT2D eigenvalue weighted by Crippen LogP contribution is 2.72. The Hall–Kier alpha value is -3.16. The molecule has 6 aliphatic carbocycles. The predicted molar refractivity (Wildman–Crippen MR) is 242 cm³/mol. The lowest BCUT2D eigenvalue weighted by molar-refractivity contribution is -0.175. The van der Waals surface area contributed by atoms with Gasteiger partial charge in [-0.2, -0.15) is 5.26 Å². The number of allylic oxidation sites excluding steroid dienone is 4. The second-order valence-electron chi connectivity index (χ2n) is 21.4. The summed E-state index contributed by atoms with van der Waals surface area (Å²) < 4.78 is 24.2. The molecule has 0 spiro atoms. The largest absolute Gasteiger partial charge is 0.616 e. The number of rotatable bonds is 11. The van der Waals surface area contributed by atoms with Crippen molar-refractivity contribution in [2.24, 2.45) is 51.2 Å². The first-order valence-electron chi connectivity index (χ1n) is 23.8. The number of hydrogen-bond donors (Lipinski definition) is 1. The van der Waals surface area contributed by atoms with E-state index in [1.54, 1.807) is 18.2 Å². The van der Waals surface area contributed by atoms with Gasteiger partial charge in [0.05, 0.1) is 0 Å². The van der Waals surface area contributed by atoms with Crippen molar-refractivity contribution in [3.05, 3.63) is 83.1 Å². The average molecular weight is 847 g/mol. The molecule has 4 saturated carbocycles. The van der Waals surface area contributed by atoms with Gasteiger partial charge in [0, 0.05) is 37.8 Å². The normalized spacial score (nSPS) is 37.1. The van der Waals surface area contributed by atoms with E-state index in [-0.39, 0.29) is 30.0 Å². The first kappa shape index (κ1) is 43.1. The highest BCUT2D eigenvalue weighted by atomic mass is 32.2. The zero-order valence-electron chi connectivity index (χ0n) is 37.4. The summed E-state index contributed by atoms with van der Waals surface area (Å²) in [6, 6.07) is 17.1. The molecule has 0 amide bonds. The van der Waals surface area contributed by atoms with E-state index in [0.717, 1.165) is 79.8 Å². The van der Waals surface area contributed by atoms with Gasteiger partial charge >= 0.3 is 5.97 Å². The summed E-state index contributed by atoms with van der Waals surface area (Å²) in [7, 11) is 0. The minimum Gasteiger partial charge on any atom is -0.616 e. The van der Waals surface area contributed by atoms with E-state index in [4.69, 9.17) is 9.47 Å². The van der Waals surface area contributed by atoms with Gasteiger partial charge in [-0.1, -0.05) is 93.8 Å². The quantitative estimate of drug-likeness (QED) is 0.176. The van der Waals surface area contributed by atoms with Crippen LogP contribution in [0.3, 0.4) is 0 Å². The van der Waals surface area contributed by atoms with E-state index in [1.165, 1.54) is 68.9 Å². The van der Waals surface area contributed by atoms with Gasteiger partial charge in [-0.3, -0.25) is 9.69 Å². The molecule has 1 N–H and O–H groups in total. The molecular formula is C52H70N4O4S. The molecule has 5 fully saturated rings. The van der Waals surface area contributed by atoms with Crippen LogP contribution in [0, 0.1) is 62.6 Å². The molecule has 9 unspecified atom stereocenters. The molecule has 7 aliphatic rings. The molecule has 328 valence electrons. The Bertz CT molecular complexity index is 2020. The van der Waals surface area contributed by atoms with Gasteiger partial charge in [-0.05, 0) is 146 Å². The van der Waals surface area contributed by atoms with Crippen LogP contribution in [0.2, 0.25) is 0 Å². The summed E-state index contributed by atoms with van der Waals surface area (Å²) in [4.78, 5) is 21.0. The topological polar surface area (TPSA) is 111 Å². The van der Waals surface area contributed by atoms with Crippen molar-refractivity contribution in [3.63, 3.8) is 0 Å². The predicted octanol–water partition coefficient (Wildman–Crippen LogP) is 9.58. The van der Waals surface area contributed by atoms with Gasteiger partial charge in [0.15, 0.2) is 0 Å². The minimum atomic E-state index is -0.843. The van der Waals surface area contributed by atoms with Crippen molar-refractivity contribution < 1.29 is 18.8 Å². The summed E-state index contributed by atoms with van der Waals surface area (Å²) in [6.07, 6.45) is 20.3. The Morgan fingerprint density at radius 1 is 0.902 bits per heavy atom. The molecule has 1 aromatic heterocycles. The molecule has 1 aliphatic heterocycles. The third-order valence-corrected chi connectivity index (χ3v) is 19.5. The van der Waals surface area contributed by atoms with Crippen LogP contribution in [0.4, 0.5) is 0 Å². The van der Waals surface area contributed by atoms with Crippen molar-refractivity contribution in [2.75, 3.05) is 44.3 Å². The van der Waals surface area contributed by atoms with Gasteiger partial charge in [0.25, 0.3) is 0 Å². The molecule has 1 saturated heterocycles. The fourth-order valence-electron chi connectivity index (χ4n) is 15.2. The molecule has 9 atom stereocenters. The number of esters is 1. The van der Waals surface area contributed by atoms with Crippen molar-refractivity contribution in [1.82, 2.24) is 15.2 Å². The number of benzene rings is 1. The zero-order chi connectivity index (χ0) is 42.5. The van der Waals surface area contributed by atoms with Crippen molar-refractivity contribution in [3.8, 4) is 11.9 Å². The molecule has 9 heteroatoms. The Kier molecular flexibility index (Phi) is 12.1. The van der Waals surface area contributed by atoms with E-state index in [1.807, 2.05) is 30.3 Å². The van der Waals surface area contributed by atoms with Crippen LogP contribution in [0.5, 0.6) is 5.88 Å². The van der Waals surface area contributed by atoms with E-state index in [2.05, 4.69) is 61.1 Å². The van der Waals surface area contributed by atoms with E-state index < -0.39 is 16.6 Å². The van der Waals surface area contributed by atoms with Gasteiger partial charge in [0.2, 0.25) is 5.88 Å². The van der Waals surface area contributed by atoms with Gasteiger partial charge < -0.3 is 19.3 Å². The highest BCUT2D eigenvalue weighted by Gasteiger charge is 2.65. The summed E-state index contributed by atoms with van der Waals surface area (Å²) in [5.41, 5.74) is 4.32. The first-order chi connectivity index (χ1) is 29.4. The number of fused-ring (bicyclic) bond motifs is 7. The molecule has 8 nitrogen and oxygen atoms in total. The second kappa shape index (κ2) is 17.1. The van der Waals surface area contributed by atoms with Crippen molar-refractivity contribution >= 4 is 17.1 Å². The summed E-state index contributed by atoms with van der Waals surface area (Å²) in [6.45, 7) is 15.0. The molecule has 2 aromatic rings. The van der Waals surface area contributed by atoms with Crippen LogP contribution in [0.25, 0.3) is 0 Å². The first-order valence-corrected chi connectivity index (χ1v) is 25.3. The summed E-state index contributed by atoms with van der Waals surface area (Å²) >= 11 is -0.612. The lowest BCUT2D eigenvalue weighted by Gasteiger charge is -2.68. The zero-order valence-corrected chi connectivity index (χ0v) is 38.2. The van der Waals surface area contributed by atoms with Gasteiger partial charge in [-0.15, -0.1) is 0 Å². The summed E-state index contributed by atoms with van der Waals surface area (Å²) in [5.74, 6) is 5.63. The average Bonchev–Trinajstić information content (AvgIpc) is 3.70. The van der Waals surface area contributed by atoms with Crippen LogP contribution < -0.4 is 10.1 Å². The molecule has 2 heterocycles. The molecule has 61 heavy (non-hydrogen) atoms. The third kappa shape index (κ3) is 7.93. The second-order valence-corrected chi connectivity index (χ2v) is 23.1. The van der Waals surface area contributed by atoms with E-state index in [0.29, 0.717) is 41.3 Å². The minimum absolute atomic E-state index is 0.0312. The Balaban J connectivity index is 0.901. The number of hydrogen-bond acceptors (Lipinski definition) is 8. The monoisotopic (exact) mass is 847 g/mol. The number of nitrogens with one attached hydrogen (secondary N) is 1. The number of ether oxygens (including phenoxy) is 2. The number of nitrogens with zero attached hydrogens (tertiary/aromatic N) is 3. The van der Waals surface area contributed by atoms with E-state index in [9.17, 15) is 14.6 Å². The number of aromatic nitrogens is 1. The smallest absolute Gasteiger partial charge is 0.316 e. The molecule has 9 rings (SSSR count). The maximum absolute atomic E-state index is 14.1. The Morgan fingerprint density at radius 3 is 2.49 bits per heavy atom. The SMILES string of the molecule is CC1(C)C(C2=CCC(COc3cccc(C#N)n3)(C(=O)OCc3ccccc3)CC2)=CCC2(C)C1CCC1(C)C3CCC4(NCCN5CC[S+]([O-])CC5)CCCC4C3CCC12. The maximum Gasteiger partial charge on any atom is 0.316 e. The fourth-order valence-corrected chi connectivity index (χ4v) is 16.3. The lowest BCUT2D eigenvalue weighted by atomic mass is 9.37. The number of nitriles is 1. The molecule has 0 radical (unpaired) electrons. The lowest BCUT2D eigenvalue weighted by Crippen LogP contribution is -2.64. The number of pyridine rings is 1. The highest BCUT2D eigenvalue weighted by molar-refractivity contribution is 7.91. The molecule has 0 bridgehead atoms. The third-order valence-electron chi connectivity index (χ3n) is 18.2. The van der Waals surface area contributed by atoms with Gasteiger partial charge in [-0.25, -0.2) is 4.98 Å². The fraction of sp³-hybridized carbons (Fsp3) is 0.673. The Labute approximate surface area is 368 Å². The standard InChI is InChI=1S/C52H70N4O4S/c1-48(2)41(38-17-25-51(26-18-38,36-60-46-14-8-12-39(34-53)55-46)47(57)59-35-37-10-6-5-7-11-37)19-23-50(4)44(48)21-24-49(3)42-20-27-52(54-28-29-56-30-32-61(58)33-31-56)22-9-13-43(52)40(42)15-16-45(49)50/h5-8,10-12,14,17,19,40,42-45,54H,9,13,15-16,18,20-33,35-36H2,1-4H3. The van der Waals surface area contributed by atoms with Crippen molar-refractivity contribution in [2.45, 2.75) is 123 Å². The molecular weight excluding hydrogens is 777 g/mol. The van der Waals surface area contributed by atoms with E-state index >= 15 is 0 Å². The maximum atomic E-state index is 14.1. The number of carbonyl (C=O) groups is 1. The van der Waals surface area contributed by atoms with Crippen LogP contribution >= 0.6 is 0 Å². The Morgan fingerprint density at radius 2 is 1.72 bits per heavy atom. The van der Waals surface area contributed by atoms with Gasteiger partial charge in [0.1, 0.15) is 41.9 Å². The number of carbonyl (C=O) groups excluding carboxylic acids is 1. The van der Waals surface area contributed by atoms with Crippen LogP contribution in [-0.4, -0.2) is 70.2 Å².